The van der Waals surface area contributed by atoms with Gasteiger partial charge in [-0.3, -0.25) is 14.7 Å². The summed E-state index contributed by atoms with van der Waals surface area (Å²) in [7, 11) is 2.15. The summed E-state index contributed by atoms with van der Waals surface area (Å²) >= 11 is 0. The lowest BCUT2D eigenvalue weighted by molar-refractivity contribution is -0.197. The first-order valence-corrected chi connectivity index (χ1v) is 17.3. The van der Waals surface area contributed by atoms with Crippen LogP contribution in [0.4, 0.5) is 0 Å². The number of hydrogen-bond acceptors (Lipinski definition) is 5. The lowest BCUT2D eigenvalue weighted by Gasteiger charge is -2.60. The molecule has 1 N–H and O–H groups in total. The molecule has 43 heavy (non-hydrogen) atoms. The Kier molecular flexibility index (Phi) is 8.43. The van der Waals surface area contributed by atoms with Crippen LogP contribution in [-0.4, -0.2) is 53.0 Å². The summed E-state index contributed by atoms with van der Waals surface area (Å²) in [5.74, 6) is 0.850. The molecule has 4 fully saturated rings. The van der Waals surface area contributed by atoms with Crippen LogP contribution in [0.2, 0.25) is 0 Å². The van der Waals surface area contributed by atoms with Crippen molar-refractivity contribution in [2.24, 2.45) is 51.8 Å². The van der Waals surface area contributed by atoms with Crippen LogP contribution in [-0.2, 0) is 20.9 Å². The molecule has 4 aliphatic carbocycles. The van der Waals surface area contributed by atoms with E-state index in [1.807, 2.05) is 18.3 Å². The van der Waals surface area contributed by atoms with Gasteiger partial charge >= 0.3 is 5.97 Å². The minimum atomic E-state index is -1.17. The summed E-state index contributed by atoms with van der Waals surface area (Å²) in [5, 5.41) is 11.5. The molecule has 0 amide bonds. The number of carboxylic acid groups (broad SMARTS) is 1. The molecule has 4 bridgehead atoms. The van der Waals surface area contributed by atoms with Gasteiger partial charge in [0.1, 0.15) is 11.7 Å². The second-order valence-electron chi connectivity index (χ2n) is 15.4. The molecule has 236 valence electrons. The fourth-order valence-corrected chi connectivity index (χ4v) is 11.5. The number of aldehydes is 1. The van der Waals surface area contributed by atoms with Crippen molar-refractivity contribution in [3.05, 3.63) is 41.7 Å². The smallest absolute Gasteiger partial charge is 0.315 e. The first-order valence-electron chi connectivity index (χ1n) is 17.3. The number of unbranched alkanes of at least 4 members (excludes halogenated alkanes) is 3. The van der Waals surface area contributed by atoms with E-state index in [-0.39, 0.29) is 30.0 Å². The van der Waals surface area contributed by atoms with E-state index in [0.29, 0.717) is 24.2 Å². The average molecular weight is 591 g/mol. The number of ether oxygens (including phenoxy) is 1. The quantitative estimate of drug-likeness (QED) is 0.149. The maximum atomic E-state index is 14.0. The second-order valence-corrected chi connectivity index (χ2v) is 15.4. The summed E-state index contributed by atoms with van der Waals surface area (Å²) in [6, 6.07) is 6.06. The Bertz CT molecular complexity index is 1220. The standard InChI is InChI=1S/C37H54N2O4/c1-6-7-8-9-12-26-17-33(43-32(26)22-39(5)21-28-13-10-11-16-38-28)36-20-29-25(4)14-15-30(29)35(23-40)19-27(36)18-31(24(2)3)37(35,36)34(41)42/h10-11,13,16,18,23-27,29-30,32-33H,6-9,12,14-15,17,19-22H2,1-5H3,(H,41,42)/t25-,26?,27?,29-,30-,32?,33?,35?,36?,37?/m1/s1. The van der Waals surface area contributed by atoms with E-state index in [9.17, 15) is 14.7 Å². The molecule has 10 atom stereocenters. The number of aliphatic carboxylic acids is 1. The van der Waals surface area contributed by atoms with Crippen molar-refractivity contribution in [2.45, 2.75) is 111 Å². The Morgan fingerprint density at radius 3 is 2.70 bits per heavy atom. The number of pyridine rings is 1. The lowest BCUT2D eigenvalue weighted by atomic mass is 9.41. The molecule has 2 heterocycles. The number of likely N-dealkylation sites (N-methyl/N-ethyl adjacent to an activating group) is 1. The molecule has 0 aromatic carbocycles. The molecule has 1 aromatic heterocycles. The number of carbonyl (C=O) groups is 2. The van der Waals surface area contributed by atoms with Gasteiger partial charge in [0.2, 0.25) is 0 Å². The third-order valence-corrected chi connectivity index (χ3v) is 13.0. The van der Waals surface area contributed by atoms with Crippen LogP contribution >= 0.6 is 0 Å². The third kappa shape index (κ3) is 4.43. The van der Waals surface area contributed by atoms with Crippen LogP contribution in [0.15, 0.2) is 36.0 Å². The Labute approximate surface area is 259 Å². The summed E-state index contributed by atoms with van der Waals surface area (Å²) in [6.07, 6.45) is 15.7. The van der Waals surface area contributed by atoms with E-state index in [0.717, 1.165) is 62.7 Å². The van der Waals surface area contributed by atoms with Gasteiger partial charge in [0, 0.05) is 24.7 Å². The molecular formula is C37H54N2O4. The first kappa shape index (κ1) is 31.0. The summed E-state index contributed by atoms with van der Waals surface area (Å²) < 4.78 is 7.28. The number of allylic oxidation sites excluding steroid dienone is 1. The topological polar surface area (TPSA) is 79.7 Å². The van der Waals surface area contributed by atoms with E-state index in [1.165, 1.54) is 25.7 Å². The first-order chi connectivity index (χ1) is 20.7. The van der Waals surface area contributed by atoms with Gasteiger partial charge in [0.25, 0.3) is 0 Å². The Morgan fingerprint density at radius 2 is 2.02 bits per heavy atom. The number of aromatic nitrogens is 1. The summed E-state index contributed by atoms with van der Waals surface area (Å²) in [4.78, 5) is 34.4. The van der Waals surface area contributed by atoms with Crippen molar-refractivity contribution in [1.29, 1.82) is 0 Å². The van der Waals surface area contributed by atoms with Gasteiger partial charge in [0.15, 0.2) is 0 Å². The number of nitrogens with zero attached hydrogens (tertiary/aromatic N) is 2. The third-order valence-electron chi connectivity index (χ3n) is 13.0. The summed E-state index contributed by atoms with van der Waals surface area (Å²) in [5.41, 5.74) is -0.501. The van der Waals surface area contributed by atoms with E-state index in [4.69, 9.17) is 4.74 Å². The van der Waals surface area contributed by atoms with Crippen LogP contribution < -0.4 is 0 Å². The van der Waals surface area contributed by atoms with E-state index in [1.54, 1.807) is 0 Å². The molecule has 5 aliphatic rings. The van der Waals surface area contributed by atoms with Crippen molar-refractivity contribution < 1.29 is 19.4 Å². The second kappa shape index (κ2) is 11.7. The maximum Gasteiger partial charge on any atom is 0.315 e. The Hall–Kier alpha value is -2.05. The van der Waals surface area contributed by atoms with E-state index < -0.39 is 22.2 Å². The van der Waals surface area contributed by atoms with E-state index in [2.05, 4.69) is 56.8 Å². The Morgan fingerprint density at radius 1 is 1.21 bits per heavy atom. The molecule has 1 aromatic rings. The molecule has 1 saturated heterocycles. The van der Waals surface area contributed by atoms with Gasteiger partial charge in [0.05, 0.1) is 23.3 Å². The average Bonchev–Trinajstić information content (AvgIpc) is 3.69. The van der Waals surface area contributed by atoms with Crippen molar-refractivity contribution in [2.75, 3.05) is 13.6 Å². The zero-order chi connectivity index (χ0) is 30.6. The minimum Gasteiger partial charge on any atom is -0.481 e. The van der Waals surface area contributed by atoms with Crippen LogP contribution in [0.25, 0.3) is 0 Å². The molecule has 0 radical (unpaired) electrons. The molecule has 7 unspecified atom stereocenters. The predicted octanol–water partition coefficient (Wildman–Crippen LogP) is 7.18. The highest BCUT2D eigenvalue weighted by Gasteiger charge is 2.86. The number of fused-ring (bicyclic) bond motifs is 2. The van der Waals surface area contributed by atoms with Gasteiger partial charge in [-0.25, -0.2) is 0 Å². The van der Waals surface area contributed by atoms with Gasteiger partial charge in [-0.2, -0.15) is 0 Å². The molecule has 6 rings (SSSR count). The van der Waals surface area contributed by atoms with Crippen molar-refractivity contribution in [1.82, 2.24) is 9.88 Å². The highest BCUT2D eigenvalue weighted by Crippen LogP contribution is 2.84. The molecule has 6 nitrogen and oxygen atoms in total. The van der Waals surface area contributed by atoms with Crippen LogP contribution in [0.1, 0.15) is 97.6 Å². The normalized spacial score (nSPS) is 41.2. The maximum absolute atomic E-state index is 14.0. The van der Waals surface area contributed by atoms with Crippen LogP contribution in [0.5, 0.6) is 0 Å². The highest BCUT2D eigenvalue weighted by molar-refractivity contribution is 5.90. The number of hydrogen-bond donors (Lipinski definition) is 1. The lowest BCUT2D eigenvalue weighted by Crippen LogP contribution is -2.65. The predicted molar refractivity (Wildman–Crippen MR) is 168 cm³/mol. The SMILES string of the molecule is CCCCCCC1CC(C23C[C@@H]4[C@H](C)CC[C@H]4C4(C=O)CC2C=C(C(C)C)C34C(=O)O)OC1CN(C)Cc1ccccn1. The molecular weight excluding hydrogens is 536 g/mol. The van der Waals surface area contributed by atoms with E-state index >= 15 is 0 Å². The van der Waals surface area contributed by atoms with Crippen molar-refractivity contribution in [3.63, 3.8) is 0 Å². The minimum absolute atomic E-state index is 0.0485. The molecule has 0 spiro atoms. The van der Waals surface area contributed by atoms with Gasteiger partial charge in [-0.15, -0.1) is 0 Å². The number of carboxylic acids is 1. The van der Waals surface area contributed by atoms with Gasteiger partial charge < -0.3 is 14.6 Å². The largest absolute Gasteiger partial charge is 0.481 e. The zero-order valence-corrected chi connectivity index (χ0v) is 27.1. The molecule has 3 saturated carbocycles. The Balaban J connectivity index is 1.38. The zero-order valence-electron chi connectivity index (χ0n) is 27.1. The van der Waals surface area contributed by atoms with Gasteiger partial charge in [-0.1, -0.05) is 77.5 Å². The molecule has 6 heteroatoms. The van der Waals surface area contributed by atoms with Crippen molar-refractivity contribution in [3.8, 4) is 0 Å². The summed E-state index contributed by atoms with van der Waals surface area (Å²) in [6.45, 7) is 10.4. The molecule has 1 aliphatic heterocycles. The number of rotatable bonds is 13. The number of carbonyl (C=O) groups excluding carboxylic acids is 1. The van der Waals surface area contributed by atoms with Crippen molar-refractivity contribution >= 4 is 12.3 Å². The van der Waals surface area contributed by atoms with Crippen LogP contribution in [0, 0.1) is 51.8 Å². The fraction of sp³-hybridized carbons (Fsp3) is 0.757. The van der Waals surface area contributed by atoms with Gasteiger partial charge in [-0.05, 0) is 86.8 Å². The van der Waals surface area contributed by atoms with Crippen LogP contribution in [0.3, 0.4) is 0 Å². The fourth-order valence-electron chi connectivity index (χ4n) is 11.5. The highest BCUT2D eigenvalue weighted by atomic mass is 16.5. The monoisotopic (exact) mass is 590 g/mol.